The van der Waals surface area contributed by atoms with E-state index in [1.54, 1.807) is 6.07 Å². The van der Waals surface area contributed by atoms with Crippen LogP contribution in [0.4, 0.5) is 0 Å². The Morgan fingerprint density at radius 3 is 2.67 bits per heavy atom. The number of hydrogen-bond donors (Lipinski definition) is 0. The van der Waals surface area contributed by atoms with E-state index in [4.69, 9.17) is 9.47 Å². The lowest BCUT2D eigenvalue weighted by Gasteiger charge is -2.26. The molecule has 0 spiro atoms. The zero-order chi connectivity index (χ0) is 19.2. The summed E-state index contributed by atoms with van der Waals surface area (Å²) < 4.78 is 11.7. The fourth-order valence-corrected chi connectivity index (χ4v) is 3.71. The summed E-state index contributed by atoms with van der Waals surface area (Å²) in [6.07, 6.45) is 3.23. The van der Waals surface area contributed by atoms with E-state index in [1.165, 1.54) is 18.2 Å². The van der Waals surface area contributed by atoms with Gasteiger partial charge in [0.05, 0.1) is 17.1 Å². The van der Waals surface area contributed by atoms with E-state index in [9.17, 15) is 4.79 Å². The Bertz CT molecular complexity index is 833. The third-order valence-corrected chi connectivity index (χ3v) is 5.35. The lowest BCUT2D eigenvalue weighted by Crippen LogP contribution is -2.29. The van der Waals surface area contributed by atoms with E-state index >= 15 is 0 Å². The Morgan fingerprint density at radius 2 is 2.00 bits per heavy atom. The number of ether oxygens (including phenoxy) is 2. The number of carbonyl (C=O) groups is 1. The summed E-state index contributed by atoms with van der Waals surface area (Å²) in [7, 11) is 1.39. The molecular weight excluding hydrogens is 406 g/mol. The molecule has 0 unspecified atom stereocenters. The minimum absolute atomic E-state index is 0.349. The Balaban J connectivity index is 1.58. The first-order valence-corrected chi connectivity index (χ1v) is 9.81. The predicted molar refractivity (Wildman–Crippen MR) is 110 cm³/mol. The zero-order valence-electron chi connectivity index (χ0n) is 15.7. The van der Waals surface area contributed by atoms with E-state index < -0.39 is 0 Å². The van der Waals surface area contributed by atoms with Gasteiger partial charge < -0.3 is 9.47 Å². The highest BCUT2D eigenvalue weighted by molar-refractivity contribution is 9.10. The van der Waals surface area contributed by atoms with Crippen LogP contribution in [-0.4, -0.2) is 37.7 Å². The molecular formula is C22H24BrNO3. The number of aryl methyl sites for hydroxylation is 1. The van der Waals surface area contributed by atoms with Crippen LogP contribution in [0.15, 0.2) is 58.6 Å². The van der Waals surface area contributed by atoms with Gasteiger partial charge in [-0.05, 0) is 58.1 Å². The van der Waals surface area contributed by atoms with Gasteiger partial charge >= 0.3 is 5.97 Å². The highest BCUT2D eigenvalue weighted by Gasteiger charge is 2.16. The molecule has 0 amide bonds. The van der Waals surface area contributed by atoms with Gasteiger partial charge in [-0.1, -0.05) is 36.4 Å². The zero-order valence-corrected chi connectivity index (χ0v) is 17.3. The third kappa shape index (κ3) is 5.21. The summed E-state index contributed by atoms with van der Waals surface area (Å²) in [5, 5.41) is 0. The molecule has 142 valence electrons. The molecule has 0 fully saturated rings. The van der Waals surface area contributed by atoms with Crippen molar-refractivity contribution in [3.05, 3.63) is 75.3 Å². The maximum atomic E-state index is 11.9. The summed E-state index contributed by atoms with van der Waals surface area (Å²) in [6.45, 7) is 5.33. The van der Waals surface area contributed by atoms with Crippen molar-refractivity contribution in [2.24, 2.45) is 0 Å². The van der Waals surface area contributed by atoms with Gasteiger partial charge in [0.15, 0.2) is 0 Å². The number of rotatable bonds is 6. The van der Waals surface area contributed by atoms with Gasteiger partial charge in [0.2, 0.25) is 0 Å². The minimum atomic E-state index is -0.349. The van der Waals surface area contributed by atoms with Gasteiger partial charge in [0.25, 0.3) is 0 Å². The molecule has 1 aliphatic rings. The van der Waals surface area contributed by atoms with Crippen molar-refractivity contribution in [2.75, 3.05) is 26.8 Å². The lowest BCUT2D eigenvalue weighted by molar-refractivity contribution is 0.0599. The fourth-order valence-electron chi connectivity index (χ4n) is 3.13. The smallest absolute Gasteiger partial charge is 0.338 e. The average Bonchev–Trinajstić information content (AvgIpc) is 2.69. The van der Waals surface area contributed by atoms with Gasteiger partial charge in [-0.25, -0.2) is 4.79 Å². The number of halogens is 1. The molecule has 4 nitrogen and oxygen atoms in total. The molecule has 0 saturated carbocycles. The Labute approximate surface area is 168 Å². The van der Waals surface area contributed by atoms with Crippen molar-refractivity contribution >= 4 is 21.9 Å². The molecule has 0 bridgehead atoms. The van der Waals surface area contributed by atoms with Crippen molar-refractivity contribution < 1.29 is 14.3 Å². The molecule has 0 aliphatic carbocycles. The number of nitrogens with zero attached hydrogens (tertiary/aromatic N) is 1. The monoisotopic (exact) mass is 429 g/mol. The van der Waals surface area contributed by atoms with Crippen LogP contribution in [0, 0.1) is 6.92 Å². The second-order valence-electron chi connectivity index (χ2n) is 6.71. The van der Waals surface area contributed by atoms with Gasteiger partial charge in [-0.3, -0.25) is 4.90 Å². The van der Waals surface area contributed by atoms with Crippen molar-refractivity contribution in [2.45, 2.75) is 19.9 Å². The van der Waals surface area contributed by atoms with Gasteiger partial charge in [0, 0.05) is 19.6 Å². The van der Waals surface area contributed by atoms with Gasteiger partial charge in [-0.15, -0.1) is 0 Å². The van der Waals surface area contributed by atoms with E-state index in [0.717, 1.165) is 36.1 Å². The fraction of sp³-hybridized carbons (Fsp3) is 0.318. The van der Waals surface area contributed by atoms with Crippen LogP contribution in [0.25, 0.3) is 0 Å². The molecule has 0 saturated heterocycles. The number of esters is 1. The van der Waals surface area contributed by atoms with E-state index in [1.807, 2.05) is 19.1 Å². The highest BCUT2D eigenvalue weighted by atomic mass is 79.9. The predicted octanol–water partition coefficient (Wildman–Crippen LogP) is 4.76. The largest absolute Gasteiger partial charge is 0.488 e. The topological polar surface area (TPSA) is 38.8 Å². The van der Waals surface area contributed by atoms with E-state index in [-0.39, 0.29) is 5.97 Å². The van der Waals surface area contributed by atoms with Crippen molar-refractivity contribution in [1.82, 2.24) is 4.90 Å². The summed E-state index contributed by atoms with van der Waals surface area (Å²) >= 11 is 3.52. The lowest BCUT2D eigenvalue weighted by atomic mass is 10.1. The van der Waals surface area contributed by atoms with Crippen LogP contribution in [0.2, 0.25) is 0 Å². The molecule has 2 aromatic carbocycles. The van der Waals surface area contributed by atoms with Crippen molar-refractivity contribution in [3.8, 4) is 5.75 Å². The maximum Gasteiger partial charge on any atom is 0.338 e. The van der Waals surface area contributed by atoms with Crippen molar-refractivity contribution in [3.63, 3.8) is 0 Å². The number of benzene rings is 2. The second kappa shape index (κ2) is 9.20. The van der Waals surface area contributed by atoms with Crippen LogP contribution in [0.5, 0.6) is 5.75 Å². The maximum absolute atomic E-state index is 11.9. The molecule has 0 atom stereocenters. The molecule has 27 heavy (non-hydrogen) atoms. The van der Waals surface area contributed by atoms with E-state index in [0.29, 0.717) is 17.9 Å². The van der Waals surface area contributed by atoms with Crippen LogP contribution in [0.1, 0.15) is 27.9 Å². The second-order valence-corrected chi connectivity index (χ2v) is 7.57. The van der Waals surface area contributed by atoms with Crippen LogP contribution in [0.3, 0.4) is 0 Å². The normalized spacial score (nSPS) is 14.6. The first-order valence-electron chi connectivity index (χ1n) is 9.02. The quantitative estimate of drug-likeness (QED) is 0.490. The van der Waals surface area contributed by atoms with Gasteiger partial charge in [0.1, 0.15) is 12.4 Å². The van der Waals surface area contributed by atoms with Crippen molar-refractivity contribution in [1.29, 1.82) is 0 Å². The Hall–Kier alpha value is -2.11. The first-order chi connectivity index (χ1) is 13.1. The molecule has 1 heterocycles. The molecule has 3 rings (SSSR count). The highest BCUT2D eigenvalue weighted by Crippen LogP contribution is 2.30. The summed E-state index contributed by atoms with van der Waals surface area (Å²) in [5.74, 6) is 0.312. The Morgan fingerprint density at radius 1 is 1.22 bits per heavy atom. The SMILES string of the molecule is COC(=O)c1cc(OCC2=CCN(Cc3ccccc3)CC2)c(Br)cc1C. The van der Waals surface area contributed by atoms with Crippen LogP contribution in [-0.2, 0) is 11.3 Å². The average molecular weight is 430 g/mol. The standard InChI is InChI=1S/C22H24BrNO3/c1-16-12-20(23)21(13-19(16)22(25)26-2)27-15-18-8-10-24(11-9-18)14-17-6-4-3-5-7-17/h3-8,12-13H,9-11,14-15H2,1-2H3. The van der Waals surface area contributed by atoms with Gasteiger partial charge in [-0.2, -0.15) is 0 Å². The molecule has 0 radical (unpaired) electrons. The molecule has 5 heteroatoms. The minimum Gasteiger partial charge on any atom is -0.488 e. The van der Waals surface area contributed by atoms with Crippen LogP contribution < -0.4 is 4.74 Å². The Kier molecular flexibility index (Phi) is 6.69. The third-order valence-electron chi connectivity index (χ3n) is 4.73. The molecule has 2 aromatic rings. The summed E-state index contributed by atoms with van der Waals surface area (Å²) in [6, 6.07) is 14.2. The first kappa shape index (κ1) is 19.6. The number of hydrogen-bond acceptors (Lipinski definition) is 4. The molecule has 0 aromatic heterocycles. The molecule has 1 aliphatic heterocycles. The van der Waals surface area contributed by atoms with E-state index in [2.05, 4.69) is 51.2 Å². The number of carbonyl (C=O) groups excluding carboxylic acids is 1. The number of methoxy groups -OCH3 is 1. The summed E-state index contributed by atoms with van der Waals surface area (Å²) in [4.78, 5) is 14.3. The van der Waals surface area contributed by atoms with Crippen LogP contribution >= 0.6 is 15.9 Å². The summed E-state index contributed by atoms with van der Waals surface area (Å²) in [5.41, 5.74) is 4.01. The molecule has 0 N–H and O–H groups in total.